The Morgan fingerprint density at radius 3 is 2.30 bits per heavy atom. The summed E-state index contributed by atoms with van der Waals surface area (Å²) in [5.41, 5.74) is 9.48. The molecule has 0 spiro atoms. The second-order valence-corrected chi connectivity index (χ2v) is 9.60. The number of esters is 1. The van der Waals surface area contributed by atoms with Gasteiger partial charge in [-0.3, -0.25) is 0 Å². The Hall–Kier alpha value is -3.65. The number of hydrogen-bond acceptors (Lipinski definition) is 2. The first-order valence-electron chi connectivity index (χ1n) is 11.4. The van der Waals surface area contributed by atoms with Crippen molar-refractivity contribution in [3.8, 4) is 11.1 Å². The van der Waals surface area contributed by atoms with E-state index >= 15 is 0 Å². The molecular formula is C31H28O2. The van der Waals surface area contributed by atoms with Gasteiger partial charge in [-0.1, -0.05) is 74.0 Å². The average Bonchev–Trinajstić information content (AvgIpc) is 2.82. The Morgan fingerprint density at radius 2 is 1.58 bits per heavy atom. The highest BCUT2D eigenvalue weighted by molar-refractivity contribution is 5.95. The van der Waals surface area contributed by atoms with Crippen LogP contribution in [0.15, 0.2) is 84.9 Å². The summed E-state index contributed by atoms with van der Waals surface area (Å²) in [4.78, 5) is 11.8. The summed E-state index contributed by atoms with van der Waals surface area (Å²) in [6.45, 7) is 6.81. The predicted octanol–water partition coefficient (Wildman–Crippen LogP) is 7.71. The maximum absolute atomic E-state index is 11.8. The van der Waals surface area contributed by atoms with Gasteiger partial charge in [0.05, 0.1) is 12.7 Å². The van der Waals surface area contributed by atoms with E-state index in [-0.39, 0.29) is 11.4 Å². The Balaban J connectivity index is 1.62. The molecule has 0 atom stereocenters. The Labute approximate surface area is 195 Å². The molecule has 0 bridgehead atoms. The first-order chi connectivity index (χ1) is 15.9. The summed E-state index contributed by atoms with van der Waals surface area (Å²) in [5, 5.41) is 2.47. The van der Waals surface area contributed by atoms with Gasteiger partial charge in [-0.2, -0.15) is 0 Å². The van der Waals surface area contributed by atoms with Gasteiger partial charge >= 0.3 is 5.97 Å². The maximum Gasteiger partial charge on any atom is 0.337 e. The summed E-state index contributed by atoms with van der Waals surface area (Å²) in [5.74, 6) is -0.315. The van der Waals surface area contributed by atoms with Gasteiger partial charge in [0.1, 0.15) is 0 Å². The molecule has 0 heterocycles. The third-order valence-corrected chi connectivity index (χ3v) is 6.78. The van der Waals surface area contributed by atoms with E-state index in [0.29, 0.717) is 5.56 Å². The number of rotatable bonds is 3. The number of benzene rings is 4. The number of fused-ring (bicyclic) bond motifs is 2. The molecule has 4 aromatic carbocycles. The van der Waals surface area contributed by atoms with Gasteiger partial charge in [-0.15, -0.1) is 0 Å². The predicted molar refractivity (Wildman–Crippen MR) is 137 cm³/mol. The lowest BCUT2D eigenvalue weighted by atomic mass is 9.71. The average molecular weight is 433 g/mol. The highest BCUT2D eigenvalue weighted by atomic mass is 16.5. The van der Waals surface area contributed by atoms with Crippen molar-refractivity contribution in [1.29, 1.82) is 0 Å². The summed E-state index contributed by atoms with van der Waals surface area (Å²) >= 11 is 0. The van der Waals surface area contributed by atoms with Crippen LogP contribution in [0.4, 0.5) is 0 Å². The van der Waals surface area contributed by atoms with Gasteiger partial charge in [0.2, 0.25) is 0 Å². The van der Waals surface area contributed by atoms with E-state index in [4.69, 9.17) is 4.74 Å². The molecule has 5 rings (SSSR count). The fourth-order valence-electron chi connectivity index (χ4n) is 4.84. The van der Waals surface area contributed by atoms with Crippen molar-refractivity contribution in [2.75, 3.05) is 7.11 Å². The summed E-state index contributed by atoms with van der Waals surface area (Å²) in [6.07, 6.45) is 3.43. The Bertz CT molecular complexity index is 1410. The zero-order valence-corrected chi connectivity index (χ0v) is 19.6. The Morgan fingerprint density at radius 1 is 0.818 bits per heavy atom. The van der Waals surface area contributed by atoms with Crippen LogP contribution >= 0.6 is 0 Å². The normalized spacial score (nSPS) is 14.5. The lowest BCUT2D eigenvalue weighted by Gasteiger charge is -2.33. The zero-order chi connectivity index (χ0) is 23.2. The van der Waals surface area contributed by atoms with Crippen LogP contribution < -0.4 is 0 Å². The third-order valence-electron chi connectivity index (χ3n) is 6.78. The van der Waals surface area contributed by atoms with Crippen LogP contribution in [-0.2, 0) is 10.2 Å². The molecule has 0 radical (unpaired) electrons. The smallest absolute Gasteiger partial charge is 0.337 e. The van der Waals surface area contributed by atoms with Gasteiger partial charge in [-0.25, -0.2) is 4.79 Å². The van der Waals surface area contributed by atoms with Gasteiger partial charge in [0.25, 0.3) is 0 Å². The number of allylic oxidation sites excluding steroid dienone is 1. The van der Waals surface area contributed by atoms with Gasteiger partial charge < -0.3 is 4.74 Å². The fraction of sp³-hybridized carbons (Fsp3) is 0.194. The molecule has 0 saturated carbocycles. The molecule has 1 aliphatic carbocycles. The quantitative estimate of drug-likeness (QED) is 0.310. The van der Waals surface area contributed by atoms with Crippen molar-refractivity contribution in [2.24, 2.45) is 0 Å². The minimum Gasteiger partial charge on any atom is -0.465 e. The third kappa shape index (κ3) is 3.87. The molecule has 0 aliphatic heterocycles. The first kappa shape index (κ1) is 21.2. The summed E-state index contributed by atoms with van der Waals surface area (Å²) in [7, 11) is 1.40. The summed E-state index contributed by atoms with van der Waals surface area (Å²) < 4.78 is 4.82. The van der Waals surface area contributed by atoms with Crippen LogP contribution in [0.5, 0.6) is 0 Å². The molecule has 164 valence electrons. The van der Waals surface area contributed by atoms with Crippen molar-refractivity contribution < 1.29 is 9.53 Å². The van der Waals surface area contributed by atoms with E-state index in [1.807, 2.05) is 24.3 Å². The molecule has 0 unspecified atom stereocenters. The molecule has 0 N–H and O–H groups in total. The van der Waals surface area contributed by atoms with Crippen LogP contribution in [-0.4, -0.2) is 13.1 Å². The van der Waals surface area contributed by atoms with Crippen molar-refractivity contribution in [1.82, 2.24) is 0 Å². The zero-order valence-electron chi connectivity index (χ0n) is 19.6. The highest BCUT2D eigenvalue weighted by Gasteiger charge is 2.29. The van der Waals surface area contributed by atoms with Crippen LogP contribution in [0, 0.1) is 6.92 Å². The van der Waals surface area contributed by atoms with Crippen molar-refractivity contribution >= 4 is 22.3 Å². The molecule has 0 saturated heterocycles. The molecule has 33 heavy (non-hydrogen) atoms. The lowest BCUT2D eigenvalue weighted by molar-refractivity contribution is 0.0601. The lowest BCUT2D eigenvalue weighted by Crippen LogP contribution is -2.21. The molecular weight excluding hydrogens is 404 g/mol. The summed E-state index contributed by atoms with van der Waals surface area (Å²) in [6, 6.07) is 27.7. The Kier molecular flexibility index (Phi) is 5.17. The highest BCUT2D eigenvalue weighted by Crippen LogP contribution is 2.43. The fourth-order valence-corrected chi connectivity index (χ4v) is 4.84. The van der Waals surface area contributed by atoms with Crippen LogP contribution in [0.2, 0.25) is 0 Å². The van der Waals surface area contributed by atoms with Gasteiger partial charge in [0, 0.05) is 0 Å². The number of methoxy groups -OCH3 is 1. The topological polar surface area (TPSA) is 26.3 Å². The van der Waals surface area contributed by atoms with Crippen molar-refractivity contribution in [3.05, 3.63) is 113 Å². The minimum atomic E-state index is -0.315. The van der Waals surface area contributed by atoms with E-state index < -0.39 is 0 Å². The van der Waals surface area contributed by atoms with Gasteiger partial charge in [0.15, 0.2) is 0 Å². The number of aryl methyl sites for hydroxylation is 1. The second-order valence-electron chi connectivity index (χ2n) is 9.60. The van der Waals surface area contributed by atoms with Crippen molar-refractivity contribution in [3.63, 3.8) is 0 Å². The number of carbonyl (C=O) groups is 1. The maximum atomic E-state index is 11.8. The van der Waals surface area contributed by atoms with Crippen LogP contribution in [0.3, 0.4) is 0 Å². The number of ether oxygens (including phenoxy) is 1. The van der Waals surface area contributed by atoms with Crippen molar-refractivity contribution in [2.45, 2.75) is 32.6 Å². The van der Waals surface area contributed by atoms with E-state index in [0.717, 1.165) is 17.5 Å². The molecule has 0 amide bonds. The van der Waals surface area contributed by atoms with E-state index in [2.05, 4.69) is 81.4 Å². The molecule has 1 aliphatic rings. The van der Waals surface area contributed by atoms with E-state index in [1.165, 1.54) is 45.7 Å². The molecule has 2 heteroatoms. The molecule has 0 aromatic heterocycles. The number of hydrogen-bond donors (Lipinski definition) is 0. The SMILES string of the molecule is COC(=O)c1ccc(-c2ccc3cc4c(cc3c2)C(c2cccc(C)c2)=CCC4(C)C)cc1. The molecule has 4 aromatic rings. The van der Waals surface area contributed by atoms with Crippen LogP contribution in [0.1, 0.15) is 52.9 Å². The molecule has 0 fully saturated rings. The van der Waals surface area contributed by atoms with E-state index in [9.17, 15) is 4.79 Å². The monoisotopic (exact) mass is 432 g/mol. The van der Waals surface area contributed by atoms with Gasteiger partial charge in [-0.05, 0) is 93.3 Å². The second kappa shape index (κ2) is 8.04. The van der Waals surface area contributed by atoms with Crippen LogP contribution in [0.25, 0.3) is 27.5 Å². The standard InChI is InChI=1S/C31H28O2/c1-20-6-5-7-25(16-20)27-14-15-31(2,3)29-19-24-13-12-23(17-26(24)18-28(27)29)21-8-10-22(11-9-21)30(32)33-4/h5-14,16-19H,15H2,1-4H3. The largest absolute Gasteiger partial charge is 0.465 e. The minimum absolute atomic E-state index is 0.0965. The first-order valence-corrected chi connectivity index (χ1v) is 11.4. The molecule has 2 nitrogen and oxygen atoms in total. The van der Waals surface area contributed by atoms with E-state index in [1.54, 1.807) is 0 Å². The number of carbonyl (C=O) groups excluding carboxylic acids is 1.